The number of hydrogen-bond acceptors (Lipinski definition) is 2. The minimum atomic E-state index is -0.595. The Morgan fingerprint density at radius 2 is 1.94 bits per heavy atom. The Kier molecular flexibility index (Phi) is 2.85. The Balaban J connectivity index is 2.14. The maximum Gasteiger partial charge on any atom is 0.149 e. The second-order valence-electron chi connectivity index (χ2n) is 3.40. The molecule has 2 aromatic rings. The summed E-state index contributed by atoms with van der Waals surface area (Å²) in [5, 5.41) is 6.68. The third-order valence-electron chi connectivity index (χ3n) is 2.33. The first-order chi connectivity index (χ1) is 7.68. The summed E-state index contributed by atoms with van der Waals surface area (Å²) in [6.45, 7) is 0.328. The maximum atomic E-state index is 13.3. The van der Waals surface area contributed by atoms with Crippen molar-refractivity contribution in [2.75, 3.05) is 5.32 Å². The van der Waals surface area contributed by atoms with Gasteiger partial charge >= 0.3 is 0 Å². The molecule has 0 spiro atoms. The highest BCUT2D eigenvalue weighted by Gasteiger charge is 2.08. The van der Waals surface area contributed by atoms with Crippen LogP contribution in [0.4, 0.5) is 14.5 Å². The first kappa shape index (κ1) is 10.6. The summed E-state index contributed by atoms with van der Waals surface area (Å²) < 4.78 is 28.2. The van der Waals surface area contributed by atoms with Crippen LogP contribution < -0.4 is 5.32 Å². The van der Waals surface area contributed by atoms with Gasteiger partial charge in [0.15, 0.2) is 0 Å². The summed E-state index contributed by atoms with van der Waals surface area (Å²) >= 11 is 0. The molecule has 84 valence electrons. The van der Waals surface area contributed by atoms with Gasteiger partial charge in [-0.25, -0.2) is 8.78 Å². The van der Waals surface area contributed by atoms with Crippen molar-refractivity contribution in [2.24, 2.45) is 7.05 Å². The molecule has 2 rings (SSSR count). The van der Waals surface area contributed by atoms with Crippen molar-refractivity contribution in [3.8, 4) is 0 Å². The topological polar surface area (TPSA) is 29.9 Å². The molecule has 0 amide bonds. The van der Waals surface area contributed by atoms with Gasteiger partial charge in [0.05, 0.1) is 12.2 Å². The van der Waals surface area contributed by atoms with E-state index in [1.165, 1.54) is 18.2 Å². The molecule has 0 aliphatic heterocycles. The monoisotopic (exact) mass is 223 g/mol. The van der Waals surface area contributed by atoms with Crippen LogP contribution in [-0.2, 0) is 13.6 Å². The molecule has 0 atom stereocenters. The van der Waals surface area contributed by atoms with E-state index in [1.54, 1.807) is 24.0 Å². The van der Waals surface area contributed by atoms with Crippen molar-refractivity contribution < 1.29 is 8.78 Å². The van der Waals surface area contributed by atoms with E-state index in [1.807, 2.05) is 0 Å². The van der Waals surface area contributed by atoms with Crippen LogP contribution in [0.2, 0.25) is 0 Å². The van der Waals surface area contributed by atoms with E-state index < -0.39 is 11.6 Å². The Morgan fingerprint density at radius 3 is 2.50 bits per heavy atom. The highest BCUT2D eigenvalue weighted by atomic mass is 19.1. The Bertz CT molecular complexity index is 473. The molecule has 0 saturated heterocycles. The third-order valence-corrected chi connectivity index (χ3v) is 2.33. The van der Waals surface area contributed by atoms with Crippen LogP contribution in [0.25, 0.3) is 0 Å². The molecule has 1 aromatic heterocycles. The van der Waals surface area contributed by atoms with E-state index in [-0.39, 0.29) is 5.69 Å². The molecule has 0 fully saturated rings. The van der Waals surface area contributed by atoms with Crippen molar-refractivity contribution in [2.45, 2.75) is 6.54 Å². The highest BCUT2D eigenvalue weighted by Crippen LogP contribution is 2.18. The average molecular weight is 223 g/mol. The molecule has 0 unspecified atom stereocenters. The number of halogens is 2. The van der Waals surface area contributed by atoms with Gasteiger partial charge < -0.3 is 5.32 Å². The number of aryl methyl sites for hydroxylation is 1. The van der Waals surface area contributed by atoms with Gasteiger partial charge in [0.25, 0.3) is 0 Å². The second kappa shape index (κ2) is 4.30. The van der Waals surface area contributed by atoms with E-state index in [0.29, 0.717) is 6.54 Å². The molecule has 1 N–H and O–H groups in total. The van der Waals surface area contributed by atoms with Crippen LogP contribution in [0.1, 0.15) is 5.69 Å². The molecule has 5 heteroatoms. The SMILES string of the molecule is Cn1nccc1CNc1c(F)cccc1F. The summed E-state index contributed by atoms with van der Waals surface area (Å²) in [5.74, 6) is -1.19. The highest BCUT2D eigenvalue weighted by molar-refractivity contribution is 5.46. The predicted octanol–water partition coefficient (Wildman–Crippen LogP) is 2.31. The summed E-state index contributed by atoms with van der Waals surface area (Å²) in [6.07, 6.45) is 1.63. The van der Waals surface area contributed by atoms with Crippen molar-refractivity contribution in [3.05, 3.63) is 47.8 Å². The zero-order chi connectivity index (χ0) is 11.5. The predicted molar refractivity (Wildman–Crippen MR) is 56.9 cm³/mol. The number of hydrogen-bond donors (Lipinski definition) is 1. The molecular formula is C11H11F2N3. The number of benzene rings is 1. The van der Waals surface area contributed by atoms with E-state index in [9.17, 15) is 8.78 Å². The fourth-order valence-corrected chi connectivity index (χ4v) is 1.42. The fraction of sp³-hybridized carbons (Fsp3) is 0.182. The quantitative estimate of drug-likeness (QED) is 0.865. The van der Waals surface area contributed by atoms with E-state index in [2.05, 4.69) is 10.4 Å². The average Bonchev–Trinajstić information content (AvgIpc) is 2.64. The third kappa shape index (κ3) is 2.03. The van der Waals surface area contributed by atoms with Crippen LogP contribution >= 0.6 is 0 Å². The summed E-state index contributed by atoms with van der Waals surface area (Å²) in [7, 11) is 1.77. The van der Waals surface area contributed by atoms with Gasteiger partial charge in [0.1, 0.15) is 17.3 Å². The lowest BCUT2D eigenvalue weighted by Gasteiger charge is -2.08. The molecule has 3 nitrogen and oxygen atoms in total. The molecule has 1 heterocycles. The molecule has 16 heavy (non-hydrogen) atoms. The lowest BCUT2D eigenvalue weighted by atomic mass is 10.3. The zero-order valence-electron chi connectivity index (χ0n) is 8.74. The van der Waals surface area contributed by atoms with Gasteiger partial charge in [-0.1, -0.05) is 6.07 Å². The van der Waals surface area contributed by atoms with Gasteiger partial charge in [0, 0.05) is 13.2 Å². The molecule has 0 aliphatic carbocycles. The van der Waals surface area contributed by atoms with Crippen LogP contribution in [-0.4, -0.2) is 9.78 Å². The summed E-state index contributed by atoms with van der Waals surface area (Å²) in [5.41, 5.74) is 0.742. The fourth-order valence-electron chi connectivity index (χ4n) is 1.42. The second-order valence-corrected chi connectivity index (χ2v) is 3.40. The van der Waals surface area contributed by atoms with Crippen LogP contribution in [0.5, 0.6) is 0 Å². The Hall–Kier alpha value is -1.91. The largest absolute Gasteiger partial charge is 0.375 e. The molecule has 0 aliphatic rings. The van der Waals surface area contributed by atoms with Gasteiger partial charge in [-0.15, -0.1) is 0 Å². The first-order valence-corrected chi connectivity index (χ1v) is 4.83. The molecule has 0 radical (unpaired) electrons. The Morgan fingerprint density at radius 1 is 1.25 bits per heavy atom. The molecular weight excluding hydrogens is 212 g/mol. The van der Waals surface area contributed by atoms with Gasteiger partial charge in [-0.2, -0.15) is 5.10 Å². The van der Waals surface area contributed by atoms with Crippen LogP contribution in [0, 0.1) is 11.6 Å². The number of nitrogens with one attached hydrogen (secondary N) is 1. The van der Waals surface area contributed by atoms with E-state index >= 15 is 0 Å². The van der Waals surface area contributed by atoms with E-state index in [4.69, 9.17) is 0 Å². The van der Waals surface area contributed by atoms with Gasteiger partial charge in [-0.05, 0) is 18.2 Å². The number of aromatic nitrogens is 2. The number of rotatable bonds is 3. The van der Waals surface area contributed by atoms with Gasteiger partial charge in [0.2, 0.25) is 0 Å². The summed E-state index contributed by atoms with van der Waals surface area (Å²) in [4.78, 5) is 0. The number of para-hydroxylation sites is 1. The molecule has 0 saturated carbocycles. The van der Waals surface area contributed by atoms with Gasteiger partial charge in [-0.3, -0.25) is 4.68 Å². The van der Waals surface area contributed by atoms with Crippen molar-refractivity contribution in [1.82, 2.24) is 9.78 Å². The minimum absolute atomic E-state index is 0.108. The Labute approximate surface area is 91.7 Å². The minimum Gasteiger partial charge on any atom is -0.375 e. The zero-order valence-corrected chi connectivity index (χ0v) is 8.74. The first-order valence-electron chi connectivity index (χ1n) is 4.83. The summed E-state index contributed by atoms with van der Waals surface area (Å²) in [6, 6.07) is 5.55. The van der Waals surface area contributed by atoms with Crippen molar-refractivity contribution >= 4 is 5.69 Å². The standard InChI is InChI=1S/C11H11F2N3/c1-16-8(5-6-15-16)7-14-11-9(12)3-2-4-10(11)13/h2-6,14H,7H2,1H3. The van der Waals surface area contributed by atoms with E-state index in [0.717, 1.165) is 5.69 Å². The van der Waals surface area contributed by atoms with Crippen molar-refractivity contribution in [3.63, 3.8) is 0 Å². The van der Waals surface area contributed by atoms with Crippen LogP contribution in [0.15, 0.2) is 30.5 Å². The lowest BCUT2D eigenvalue weighted by Crippen LogP contribution is -2.07. The maximum absolute atomic E-state index is 13.3. The van der Waals surface area contributed by atoms with Crippen LogP contribution in [0.3, 0.4) is 0 Å². The molecule has 0 bridgehead atoms. The smallest absolute Gasteiger partial charge is 0.149 e. The normalized spacial score (nSPS) is 10.4. The number of nitrogens with zero attached hydrogens (tertiary/aromatic N) is 2. The number of anilines is 1. The van der Waals surface area contributed by atoms with Crippen molar-refractivity contribution in [1.29, 1.82) is 0 Å². The lowest BCUT2D eigenvalue weighted by molar-refractivity contribution is 0.587. The molecule has 1 aromatic carbocycles.